The third kappa shape index (κ3) is 23.4. The summed E-state index contributed by atoms with van der Waals surface area (Å²) in [5.74, 6) is -1.90. The van der Waals surface area contributed by atoms with E-state index in [-0.39, 0.29) is 44.3 Å². The third-order valence-electron chi connectivity index (χ3n) is 3.79. The molecule has 206 valence electrons. The maximum absolute atomic E-state index is 10.1. The van der Waals surface area contributed by atoms with Crippen LogP contribution in [0.1, 0.15) is 20.7 Å². The van der Waals surface area contributed by atoms with Crippen LogP contribution >= 0.6 is 12.2 Å². The van der Waals surface area contributed by atoms with Crippen molar-refractivity contribution in [3.8, 4) is 0 Å². The van der Waals surface area contributed by atoms with Gasteiger partial charge >= 0.3 is 41.5 Å². The first-order valence-corrected chi connectivity index (χ1v) is 10.4. The van der Waals surface area contributed by atoms with E-state index in [1.165, 1.54) is 0 Å². The number of aliphatic hydroxyl groups is 6. The first-order valence-electron chi connectivity index (χ1n) is 9.99. The van der Waals surface area contributed by atoms with Gasteiger partial charge in [-0.1, -0.05) is 6.42 Å². The number of ether oxygens (including phenoxy) is 1. The number of hydrogen-bond donors (Lipinski definition) is 13. The van der Waals surface area contributed by atoms with E-state index in [0.717, 1.165) is 12.8 Å². The van der Waals surface area contributed by atoms with Gasteiger partial charge in [0.1, 0.15) is 37.2 Å². The molecule has 1 aliphatic heterocycles. The Morgan fingerprint density at radius 2 is 1.57 bits per heavy atom. The molecule has 0 radical (unpaired) electrons. The fourth-order valence-electron chi connectivity index (χ4n) is 1.87. The summed E-state index contributed by atoms with van der Waals surface area (Å²) in [7, 11) is 1.69. The molecule has 0 aliphatic carbocycles. The van der Waals surface area contributed by atoms with Gasteiger partial charge < -0.3 is 74.9 Å². The zero-order valence-electron chi connectivity index (χ0n) is 20.9. The van der Waals surface area contributed by atoms with Crippen LogP contribution in [0.15, 0.2) is 0 Å². The number of carboxylic acid groups (broad SMARTS) is 2. The van der Waals surface area contributed by atoms with Crippen molar-refractivity contribution in [2.45, 2.75) is 56.0 Å². The fraction of sp³-hybridized carbons (Fsp3) is 0.824. The summed E-state index contributed by atoms with van der Waals surface area (Å²) in [6.07, 6.45) is -4.88. The largest absolute Gasteiger partial charge is 1.00 e. The van der Waals surface area contributed by atoms with Gasteiger partial charge in [0.05, 0.1) is 13.2 Å². The summed E-state index contributed by atoms with van der Waals surface area (Å²) in [5.41, 5.74) is 15.0. The molecular formula is C17H40N5NaO11S. The van der Waals surface area contributed by atoms with Crippen LogP contribution in [0.3, 0.4) is 0 Å². The SMILES string of the molecule is CNC(=S)NCO.NCC(=O)O.NCCCCC(N)C(=O)O.OC[C@H]1OC(O)[C@H](O)[C@@H](O)[C@@H]1O.[H-].[Na+]. The Bertz CT molecular complexity index is 558. The summed E-state index contributed by atoms with van der Waals surface area (Å²) >= 11 is 4.57. The second-order valence-corrected chi connectivity index (χ2v) is 6.87. The quantitative estimate of drug-likeness (QED) is 0.0582. The Morgan fingerprint density at radius 3 is 1.89 bits per heavy atom. The molecule has 16 N–H and O–H groups in total. The average Bonchev–Trinajstić information content (AvgIpc) is 2.81. The van der Waals surface area contributed by atoms with Gasteiger partial charge in [-0.25, -0.2) is 0 Å². The van der Waals surface area contributed by atoms with E-state index in [1.807, 2.05) is 0 Å². The van der Waals surface area contributed by atoms with Gasteiger partial charge in [0.2, 0.25) is 0 Å². The molecule has 0 amide bonds. The fourth-order valence-corrected chi connectivity index (χ4v) is 1.94. The minimum atomic E-state index is -1.57. The third-order valence-corrected chi connectivity index (χ3v) is 4.14. The topological polar surface area (TPSA) is 307 Å². The van der Waals surface area contributed by atoms with Gasteiger partial charge in [-0.05, 0) is 31.6 Å². The molecule has 2 unspecified atom stereocenters. The maximum atomic E-state index is 10.1. The molecule has 0 saturated carbocycles. The molecule has 6 atom stereocenters. The Kier molecular flexibility index (Phi) is 31.1. The minimum Gasteiger partial charge on any atom is -1.00 e. The number of thiocarbonyl (C=S) groups is 1. The number of nitrogens with one attached hydrogen (secondary N) is 2. The summed E-state index contributed by atoms with van der Waals surface area (Å²) in [6.45, 7) is -0.311. The van der Waals surface area contributed by atoms with Crippen molar-refractivity contribution < 1.29 is 86.2 Å². The van der Waals surface area contributed by atoms with Gasteiger partial charge in [-0.3, -0.25) is 9.59 Å². The van der Waals surface area contributed by atoms with E-state index in [4.69, 9.17) is 52.3 Å². The Hall–Kier alpha value is -0.770. The Morgan fingerprint density at radius 1 is 1.06 bits per heavy atom. The standard InChI is InChI=1S/C6H14N2O2.C6H12O6.C3H8N2OS.C2H5NO2.Na.H/c7-4-2-1-3-5(8)6(9)10;7-1-2-3(8)4(9)5(10)6(11)12-2;1-4-3(7)5-2-6;3-1-2(4)5;;/h5H,1-4,7-8H2,(H,9,10);2-11H,1H2;6H,2H2,1H3,(H2,4,5,7);1,3H2,(H,4,5);;/q;;;;+1;-1/t;2-,3-,4+,5-,6?;;;;/m.1..../s1. The molecule has 0 aromatic rings. The number of rotatable bonds is 8. The average molecular weight is 546 g/mol. The van der Waals surface area contributed by atoms with E-state index in [1.54, 1.807) is 7.05 Å². The van der Waals surface area contributed by atoms with Gasteiger partial charge in [-0.2, -0.15) is 0 Å². The van der Waals surface area contributed by atoms with Gasteiger partial charge in [0, 0.05) is 7.05 Å². The van der Waals surface area contributed by atoms with Crippen LogP contribution in [0.2, 0.25) is 0 Å². The van der Waals surface area contributed by atoms with E-state index >= 15 is 0 Å². The number of aliphatic hydroxyl groups excluding tert-OH is 6. The van der Waals surface area contributed by atoms with Crippen molar-refractivity contribution in [2.75, 3.05) is 33.5 Å². The van der Waals surface area contributed by atoms with Crippen molar-refractivity contribution in [1.82, 2.24) is 10.6 Å². The number of carboxylic acids is 2. The zero-order chi connectivity index (χ0) is 27.3. The van der Waals surface area contributed by atoms with Gasteiger partial charge in [0.15, 0.2) is 11.4 Å². The van der Waals surface area contributed by atoms with Crippen molar-refractivity contribution in [1.29, 1.82) is 0 Å². The second-order valence-electron chi connectivity index (χ2n) is 6.46. The van der Waals surface area contributed by atoms with Crippen LogP contribution in [0.4, 0.5) is 0 Å². The first-order chi connectivity index (χ1) is 15.8. The predicted octanol–water partition coefficient (Wildman–Crippen LogP) is -8.52. The summed E-state index contributed by atoms with van der Waals surface area (Å²) in [4.78, 5) is 19.4. The molecule has 1 heterocycles. The molecular weight excluding hydrogens is 505 g/mol. The molecule has 1 saturated heterocycles. The minimum absolute atomic E-state index is 0. The van der Waals surface area contributed by atoms with Crippen LogP contribution in [0.25, 0.3) is 0 Å². The van der Waals surface area contributed by atoms with E-state index < -0.39 is 55.3 Å². The smallest absolute Gasteiger partial charge is 1.00 e. The molecule has 18 heteroatoms. The van der Waals surface area contributed by atoms with Crippen molar-refractivity contribution in [3.05, 3.63) is 0 Å². The number of aliphatic carboxylic acids is 2. The summed E-state index contributed by atoms with van der Waals surface area (Å²) in [5, 5.41) is 74.3. The number of nitrogens with two attached hydrogens (primary N) is 3. The summed E-state index contributed by atoms with van der Waals surface area (Å²) < 4.78 is 4.58. The molecule has 1 fully saturated rings. The molecule has 0 bridgehead atoms. The van der Waals surface area contributed by atoms with Gasteiger partial charge in [0.25, 0.3) is 0 Å². The molecule has 0 aromatic heterocycles. The molecule has 1 aliphatic rings. The molecule has 35 heavy (non-hydrogen) atoms. The van der Waals surface area contributed by atoms with E-state index in [0.29, 0.717) is 18.1 Å². The molecule has 0 spiro atoms. The monoisotopic (exact) mass is 545 g/mol. The first kappa shape index (κ1) is 41.4. The Balaban J connectivity index is -0.000000122. The molecule has 1 rings (SSSR count). The van der Waals surface area contributed by atoms with Crippen LogP contribution in [-0.2, 0) is 14.3 Å². The Labute approximate surface area is 232 Å². The second kappa shape index (κ2) is 26.3. The normalized spacial score (nSPS) is 23.2. The summed E-state index contributed by atoms with van der Waals surface area (Å²) in [6, 6.07) is -0.716. The van der Waals surface area contributed by atoms with Gasteiger partial charge in [-0.15, -0.1) is 0 Å². The maximum Gasteiger partial charge on any atom is 1.00 e. The number of carbonyl (C=O) groups is 2. The van der Waals surface area contributed by atoms with Crippen LogP contribution in [0.5, 0.6) is 0 Å². The van der Waals surface area contributed by atoms with Crippen molar-refractivity contribution in [2.24, 2.45) is 17.2 Å². The van der Waals surface area contributed by atoms with Crippen molar-refractivity contribution in [3.63, 3.8) is 0 Å². The number of hydrogen-bond acceptors (Lipinski definition) is 13. The molecule has 0 aromatic carbocycles. The van der Waals surface area contributed by atoms with E-state index in [2.05, 4.69) is 33.3 Å². The molecule has 16 nitrogen and oxygen atoms in total. The van der Waals surface area contributed by atoms with Crippen molar-refractivity contribution >= 4 is 29.3 Å². The van der Waals surface area contributed by atoms with Crippen LogP contribution in [0, 0.1) is 0 Å². The van der Waals surface area contributed by atoms with Crippen LogP contribution in [-0.4, -0.2) is 128 Å². The number of unbranched alkanes of at least 4 members (excludes halogenated alkanes) is 1. The van der Waals surface area contributed by atoms with Crippen LogP contribution < -0.4 is 57.4 Å². The van der Waals surface area contributed by atoms with E-state index in [9.17, 15) is 9.59 Å². The predicted molar refractivity (Wildman–Crippen MR) is 124 cm³/mol. The zero-order valence-corrected chi connectivity index (χ0v) is 22.7.